The molecule has 4 nitrogen and oxygen atoms in total. The standard InChI is InChI=1S/C9H7BrN2O2S/c10-5-1-3-6(4-2-5)11-8-7(13)12-9(14)15-8/h1-4,8,11H,(H,12,13,14)/t8-/m1/s1. The maximum atomic E-state index is 11.2. The molecular formula is C9H7BrN2O2S. The maximum Gasteiger partial charge on any atom is 0.288 e. The van der Waals surface area contributed by atoms with E-state index in [0.29, 0.717) is 0 Å². The van der Waals surface area contributed by atoms with Gasteiger partial charge < -0.3 is 5.32 Å². The Kier molecular flexibility index (Phi) is 2.97. The first-order valence-electron chi connectivity index (χ1n) is 4.19. The summed E-state index contributed by atoms with van der Waals surface area (Å²) >= 11 is 4.26. The first kappa shape index (κ1) is 10.5. The summed E-state index contributed by atoms with van der Waals surface area (Å²) in [6.07, 6.45) is 0. The van der Waals surface area contributed by atoms with Crippen molar-refractivity contribution in [3.05, 3.63) is 28.7 Å². The third kappa shape index (κ3) is 2.51. The largest absolute Gasteiger partial charge is 0.365 e. The van der Waals surface area contributed by atoms with Crippen molar-refractivity contribution < 1.29 is 9.59 Å². The van der Waals surface area contributed by atoms with Gasteiger partial charge in [0.15, 0.2) is 5.37 Å². The van der Waals surface area contributed by atoms with Gasteiger partial charge in [0.2, 0.25) is 0 Å². The second-order valence-electron chi connectivity index (χ2n) is 2.93. The molecule has 1 heterocycles. The Balaban J connectivity index is 2.06. The number of halogens is 1. The fourth-order valence-electron chi connectivity index (χ4n) is 1.15. The van der Waals surface area contributed by atoms with Crippen molar-refractivity contribution in [2.45, 2.75) is 5.37 Å². The summed E-state index contributed by atoms with van der Waals surface area (Å²) in [4.78, 5) is 22.1. The Morgan fingerprint density at radius 3 is 2.47 bits per heavy atom. The molecule has 0 unspecified atom stereocenters. The van der Waals surface area contributed by atoms with Crippen molar-refractivity contribution in [2.24, 2.45) is 0 Å². The van der Waals surface area contributed by atoms with Crippen LogP contribution in [0.4, 0.5) is 10.5 Å². The Hall–Kier alpha value is -1.01. The molecule has 1 aromatic carbocycles. The summed E-state index contributed by atoms with van der Waals surface area (Å²) in [6.45, 7) is 0. The van der Waals surface area contributed by atoms with E-state index in [-0.39, 0.29) is 11.1 Å². The van der Waals surface area contributed by atoms with Crippen molar-refractivity contribution in [3.8, 4) is 0 Å². The third-order valence-corrected chi connectivity index (χ3v) is 3.24. The molecular weight excluding hydrogens is 280 g/mol. The molecule has 1 aliphatic heterocycles. The molecule has 1 fully saturated rings. The summed E-state index contributed by atoms with van der Waals surface area (Å²) in [5.41, 5.74) is 0.806. The van der Waals surface area contributed by atoms with Crippen LogP contribution in [0.25, 0.3) is 0 Å². The van der Waals surface area contributed by atoms with Crippen molar-refractivity contribution in [2.75, 3.05) is 5.32 Å². The van der Waals surface area contributed by atoms with Gasteiger partial charge in [0.25, 0.3) is 11.1 Å². The highest BCUT2D eigenvalue weighted by molar-refractivity contribution is 9.10. The van der Waals surface area contributed by atoms with Crippen LogP contribution in [0.5, 0.6) is 0 Å². The molecule has 0 radical (unpaired) electrons. The smallest absolute Gasteiger partial charge is 0.288 e. The zero-order chi connectivity index (χ0) is 10.8. The predicted molar refractivity (Wildman–Crippen MR) is 62.7 cm³/mol. The van der Waals surface area contributed by atoms with Crippen LogP contribution in [0, 0.1) is 0 Å². The van der Waals surface area contributed by atoms with E-state index in [1.54, 1.807) is 0 Å². The van der Waals surface area contributed by atoms with Gasteiger partial charge in [0.1, 0.15) is 0 Å². The molecule has 78 valence electrons. The number of amides is 2. The van der Waals surface area contributed by atoms with Crippen LogP contribution in [-0.2, 0) is 4.79 Å². The molecule has 0 bridgehead atoms. The van der Waals surface area contributed by atoms with Gasteiger partial charge in [-0.15, -0.1) is 0 Å². The topological polar surface area (TPSA) is 58.2 Å². The van der Waals surface area contributed by atoms with Gasteiger partial charge in [0.05, 0.1) is 0 Å². The third-order valence-electron chi connectivity index (χ3n) is 1.83. The lowest BCUT2D eigenvalue weighted by molar-refractivity contribution is -0.118. The highest BCUT2D eigenvalue weighted by Crippen LogP contribution is 2.22. The predicted octanol–water partition coefficient (Wildman–Crippen LogP) is 2.17. The van der Waals surface area contributed by atoms with E-state index in [4.69, 9.17) is 0 Å². The Labute approximate surface area is 98.9 Å². The van der Waals surface area contributed by atoms with Crippen LogP contribution < -0.4 is 10.6 Å². The first-order valence-corrected chi connectivity index (χ1v) is 5.86. The molecule has 2 N–H and O–H groups in total. The second kappa shape index (κ2) is 4.24. The van der Waals surface area contributed by atoms with Crippen LogP contribution in [0.2, 0.25) is 0 Å². The molecule has 0 spiro atoms. The van der Waals surface area contributed by atoms with Crippen LogP contribution in [0.3, 0.4) is 0 Å². The minimum Gasteiger partial charge on any atom is -0.365 e. The molecule has 6 heteroatoms. The quantitative estimate of drug-likeness (QED) is 0.875. The first-order chi connectivity index (χ1) is 7.15. The normalized spacial score (nSPS) is 20.2. The van der Waals surface area contributed by atoms with E-state index < -0.39 is 5.37 Å². The van der Waals surface area contributed by atoms with Crippen molar-refractivity contribution in [3.63, 3.8) is 0 Å². The second-order valence-corrected chi connectivity index (χ2v) is 4.92. The molecule has 1 saturated heterocycles. The van der Waals surface area contributed by atoms with E-state index in [2.05, 4.69) is 26.6 Å². The average Bonchev–Trinajstić information content (AvgIpc) is 2.49. The minimum absolute atomic E-state index is 0.298. The Morgan fingerprint density at radius 2 is 1.93 bits per heavy atom. The molecule has 2 rings (SSSR count). The molecule has 1 aliphatic rings. The van der Waals surface area contributed by atoms with E-state index in [9.17, 15) is 9.59 Å². The van der Waals surface area contributed by atoms with Gasteiger partial charge in [-0.25, -0.2) is 0 Å². The van der Waals surface area contributed by atoms with E-state index in [0.717, 1.165) is 21.9 Å². The average molecular weight is 287 g/mol. The van der Waals surface area contributed by atoms with E-state index in [1.165, 1.54) is 0 Å². The summed E-state index contributed by atoms with van der Waals surface area (Å²) in [7, 11) is 0. The molecule has 0 saturated carbocycles. The highest BCUT2D eigenvalue weighted by atomic mass is 79.9. The van der Waals surface area contributed by atoms with Crippen LogP contribution >= 0.6 is 27.7 Å². The van der Waals surface area contributed by atoms with Gasteiger partial charge in [-0.1, -0.05) is 15.9 Å². The highest BCUT2D eigenvalue weighted by Gasteiger charge is 2.31. The molecule has 15 heavy (non-hydrogen) atoms. The SMILES string of the molecule is O=C1NC(=O)[C@H](Nc2ccc(Br)cc2)S1. The fourth-order valence-corrected chi connectivity index (χ4v) is 2.15. The number of benzene rings is 1. The molecule has 1 aromatic rings. The van der Waals surface area contributed by atoms with Gasteiger partial charge in [0, 0.05) is 10.2 Å². The minimum atomic E-state index is -0.529. The van der Waals surface area contributed by atoms with E-state index in [1.807, 2.05) is 24.3 Å². The zero-order valence-electron chi connectivity index (χ0n) is 7.49. The summed E-state index contributed by atoms with van der Waals surface area (Å²) in [6, 6.07) is 7.39. The Bertz CT molecular complexity index is 407. The monoisotopic (exact) mass is 286 g/mol. The number of rotatable bonds is 2. The van der Waals surface area contributed by atoms with Crippen molar-refractivity contribution >= 4 is 44.5 Å². The van der Waals surface area contributed by atoms with Crippen LogP contribution in [0.1, 0.15) is 0 Å². The number of thioether (sulfide) groups is 1. The number of anilines is 1. The molecule has 0 aliphatic carbocycles. The summed E-state index contributed by atoms with van der Waals surface area (Å²) in [5.74, 6) is -0.298. The number of hydrogen-bond acceptors (Lipinski definition) is 4. The maximum absolute atomic E-state index is 11.2. The number of nitrogens with one attached hydrogen (secondary N) is 2. The molecule has 0 aromatic heterocycles. The van der Waals surface area contributed by atoms with Gasteiger partial charge in [-0.3, -0.25) is 14.9 Å². The molecule has 1 atom stereocenters. The fraction of sp³-hybridized carbons (Fsp3) is 0.111. The van der Waals surface area contributed by atoms with Gasteiger partial charge >= 0.3 is 0 Å². The zero-order valence-corrected chi connectivity index (χ0v) is 9.89. The van der Waals surface area contributed by atoms with Gasteiger partial charge in [-0.05, 0) is 36.0 Å². The molecule has 2 amide bonds. The number of carbonyl (C=O) groups excluding carboxylic acids is 2. The number of carbonyl (C=O) groups is 2. The van der Waals surface area contributed by atoms with Crippen molar-refractivity contribution in [1.29, 1.82) is 0 Å². The summed E-state index contributed by atoms with van der Waals surface area (Å²) in [5, 5.41) is 4.33. The lowest BCUT2D eigenvalue weighted by atomic mass is 10.3. The lowest BCUT2D eigenvalue weighted by Gasteiger charge is -2.09. The van der Waals surface area contributed by atoms with Crippen LogP contribution in [0.15, 0.2) is 28.7 Å². The van der Waals surface area contributed by atoms with E-state index >= 15 is 0 Å². The lowest BCUT2D eigenvalue weighted by Crippen LogP contribution is -2.29. The van der Waals surface area contributed by atoms with Gasteiger partial charge in [-0.2, -0.15) is 0 Å². The Morgan fingerprint density at radius 1 is 1.27 bits per heavy atom. The number of hydrogen-bond donors (Lipinski definition) is 2. The summed E-state index contributed by atoms with van der Waals surface area (Å²) < 4.78 is 0.965. The number of imide groups is 1. The van der Waals surface area contributed by atoms with Crippen LogP contribution in [-0.4, -0.2) is 16.5 Å². The van der Waals surface area contributed by atoms with Crippen molar-refractivity contribution in [1.82, 2.24) is 5.32 Å².